The number of thioether (sulfide) groups is 1. The summed E-state index contributed by atoms with van der Waals surface area (Å²) in [5, 5.41) is 0.218. The number of carbonyl (C=O) groups excluding carboxylic acids is 2. The fraction of sp³-hybridized carbons (Fsp3) is 0.529. The van der Waals surface area contributed by atoms with Crippen LogP contribution in [0.2, 0.25) is 5.02 Å². The van der Waals surface area contributed by atoms with Crippen molar-refractivity contribution < 1.29 is 23.5 Å². The minimum atomic E-state index is -0.712. The Hall–Kier alpha value is -1.47. The molecule has 2 rings (SSSR count). The Morgan fingerprint density at radius 2 is 2.04 bits per heavy atom. The maximum atomic E-state index is 13.2. The largest absolute Gasteiger partial charge is 0.467 e. The average Bonchev–Trinajstić information content (AvgIpc) is 2.92. The minimum absolute atomic E-state index is 0.0837. The Balaban J connectivity index is 2.14. The Morgan fingerprint density at radius 1 is 1.36 bits per heavy atom. The molecule has 0 radical (unpaired) electrons. The highest BCUT2D eigenvalue weighted by Gasteiger charge is 2.42. The molecule has 25 heavy (non-hydrogen) atoms. The van der Waals surface area contributed by atoms with E-state index in [4.69, 9.17) is 21.1 Å². The molecular weight excluding hydrogens is 369 g/mol. The van der Waals surface area contributed by atoms with Crippen LogP contribution in [0.1, 0.15) is 27.2 Å². The third kappa shape index (κ3) is 5.25. The molecule has 0 bridgehead atoms. The van der Waals surface area contributed by atoms with Gasteiger partial charge in [-0.15, -0.1) is 11.8 Å². The zero-order valence-corrected chi connectivity index (χ0v) is 16.1. The number of likely N-dealkylation sites (tertiary alicyclic amines) is 1. The van der Waals surface area contributed by atoms with E-state index < -0.39 is 29.5 Å². The van der Waals surface area contributed by atoms with Crippen molar-refractivity contribution in [3.05, 3.63) is 29.0 Å². The zero-order chi connectivity index (χ0) is 18.8. The molecule has 1 saturated heterocycles. The third-order valence-electron chi connectivity index (χ3n) is 3.55. The molecule has 1 aliphatic rings. The number of nitrogens with zero attached hydrogens (tertiary/aromatic N) is 1. The second-order valence-electron chi connectivity index (χ2n) is 6.72. The summed E-state index contributed by atoms with van der Waals surface area (Å²) in [6, 6.07) is 3.44. The molecule has 1 aromatic rings. The van der Waals surface area contributed by atoms with Crippen LogP contribution < -0.4 is 0 Å². The van der Waals surface area contributed by atoms with Gasteiger partial charge in [0.2, 0.25) is 0 Å². The normalized spacial score (nSPS) is 20.5. The molecule has 0 aliphatic carbocycles. The van der Waals surface area contributed by atoms with Crippen molar-refractivity contribution in [1.82, 2.24) is 4.90 Å². The van der Waals surface area contributed by atoms with E-state index in [1.807, 2.05) is 0 Å². The molecular formula is C17H21ClFNO4S. The molecule has 0 spiro atoms. The van der Waals surface area contributed by atoms with Crippen LogP contribution in [-0.2, 0) is 14.3 Å². The van der Waals surface area contributed by atoms with Gasteiger partial charge in [-0.2, -0.15) is 0 Å². The number of esters is 1. The van der Waals surface area contributed by atoms with Gasteiger partial charge >= 0.3 is 12.1 Å². The summed E-state index contributed by atoms with van der Waals surface area (Å²) in [5.41, 5.74) is -0.663. The molecule has 1 heterocycles. The lowest BCUT2D eigenvalue weighted by molar-refractivity contribution is -0.145. The summed E-state index contributed by atoms with van der Waals surface area (Å²) in [6.45, 7) is 5.60. The number of benzene rings is 1. The quantitative estimate of drug-likeness (QED) is 0.728. The first-order valence-corrected chi connectivity index (χ1v) is 9.05. The monoisotopic (exact) mass is 389 g/mol. The first kappa shape index (κ1) is 19.8. The fourth-order valence-electron chi connectivity index (χ4n) is 2.51. The van der Waals surface area contributed by atoms with Gasteiger partial charge in [0.05, 0.1) is 12.1 Å². The molecule has 0 saturated carbocycles. The number of halogens is 2. The van der Waals surface area contributed by atoms with E-state index in [-0.39, 0.29) is 5.25 Å². The number of carbonyl (C=O) groups is 2. The van der Waals surface area contributed by atoms with Crippen LogP contribution >= 0.6 is 23.4 Å². The highest BCUT2D eigenvalue weighted by atomic mass is 35.5. The van der Waals surface area contributed by atoms with Gasteiger partial charge in [0.25, 0.3) is 0 Å². The van der Waals surface area contributed by atoms with Crippen LogP contribution in [0.15, 0.2) is 23.1 Å². The van der Waals surface area contributed by atoms with Crippen molar-refractivity contribution in [2.24, 2.45) is 0 Å². The molecule has 0 aromatic heterocycles. The van der Waals surface area contributed by atoms with Crippen LogP contribution in [0.3, 0.4) is 0 Å². The van der Waals surface area contributed by atoms with Crippen molar-refractivity contribution in [3.63, 3.8) is 0 Å². The number of rotatable bonds is 3. The van der Waals surface area contributed by atoms with E-state index >= 15 is 0 Å². The number of amides is 1. The van der Waals surface area contributed by atoms with Gasteiger partial charge in [-0.05, 0) is 45.4 Å². The highest BCUT2D eigenvalue weighted by Crippen LogP contribution is 2.37. The van der Waals surface area contributed by atoms with Crippen LogP contribution in [0.4, 0.5) is 9.18 Å². The first-order valence-electron chi connectivity index (χ1n) is 7.80. The molecule has 1 amide bonds. The highest BCUT2D eigenvalue weighted by molar-refractivity contribution is 8.00. The molecule has 1 fully saturated rings. The number of ether oxygens (including phenoxy) is 2. The van der Waals surface area contributed by atoms with Crippen molar-refractivity contribution in [2.75, 3.05) is 13.7 Å². The van der Waals surface area contributed by atoms with E-state index in [1.165, 1.54) is 35.9 Å². The number of hydrogen-bond acceptors (Lipinski definition) is 5. The summed E-state index contributed by atoms with van der Waals surface area (Å²) in [4.78, 5) is 26.5. The van der Waals surface area contributed by atoms with E-state index in [2.05, 4.69) is 0 Å². The number of methoxy groups -OCH3 is 1. The summed E-state index contributed by atoms with van der Waals surface area (Å²) in [5.74, 6) is -0.900. The van der Waals surface area contributed by atoms with Gasteiger partial charge in [0, 0.05) is 16.7 Å². The molecule has 138 valence electrons. The van der Waals surface area contributed by atoms with Crippen molar-refractivity contribution in [1.29, 1.82) is 0 Å². The predicted octanol–water partition coefficient (Wildman–Crippen LogP) is 4.12. The standard InChI is InChI=1S/C17H21ClFNO4S/c1-17(2,3)24-16(22)20-9-11(8-13(20)15(21)23-4)25-14-6-5-10(19)7-12(14)18/h5-7,11,13H,8-9H2,1-4H3/t11-,13+/m1/s1. The van der Waals surface area contributed by atoms with E-state index in [1.54, 1.807) is 26.8 Å². The number of hydrogen-bond donors (Lipinski definition) is 0. The Kier molecular flexibility index (Phi) is 6.21. The van der Waals surface area contributed by atoms with E-state index in [9.17, 15) is 14.0 Å². The fourth-order valence-corrected chi connectivity index (χ4v) is 4.01. The SMILES string of the molecule is COC(=O)[C@@H]1C[C@@H](Sc2ccc(F)cc2Cl)CN1C(=O)OC(C)(C)C. The first-order chi connectivity index (χ1) is 11.6. The minimum Gasteiger partial charge on any atom is -0.467 e. The van der Waals surface area contributed by atoms with Crippen LogP contribution in [0.5, 0.6) is 0 Å². The Labute approximate surface area is 155 Å². The zero-order valence-electron chi connectivity index (χ0n) is 14.5. The second kappa shape index (κ2) is 7.83. The molecule has 0 unspecified atom stereocenters. The smallest absolute Gasteiger partial charge is 0.411 e. The van der Waals surface area contributed by atoms with Gasteiger partial charge in [-0.25, -0.2) is 14.0 Å². The van der Waals surface area contributed by atoms with Crippen LogP contribution in [-0.4, -0.2) is 47.5 Å². The lowest BCUT2D eigenvalue weighted by Gasteiger charge is -2.27. The lowest BCUT2D eigenvalue weighted by atomic mass is 10.2. The molecule has 2 atom stereocenters. The van der Waals surface area contributed by atoms with Crippen molar-refractivity contribution >= 4 is 35.4 Å². The summed E-state index contributed by atoms with van der Waals surface area (Å²) < 4.78 is 23.4. The summed E-state index contributed by atoms with van der Waals surface area (Å²) >= 11 is 7.46. The Morgan fingerprint density at radius 3 is 2.60 bits per heavy atom. The van der Waals surface area contributed by atoms with Gasteiger partial charge < -0.3 is 9.47 Å². The van der Waals surface area contributed by atoms with Crippen molar-refractivity contribution in [3.8, 4) is 0 Å². The summed E-state index contributed by atoms with van der Waals surface area (Å²) in [7, 11) is 1.28. The Bertz CT molecular complexity index is 665. The molecule has 1 aliphatic heterocycles. The molecule has 1 aromatic carbocycles. The molecule has 5 nitrogen and oxygen atoms in total. The van der Waals surface area contributed by atoms with E-state index in [0.29, 0.717) is 22.9 Å². The lowest BCUT2D eigenvalue weighted by Crippen LogP contribution is -2.43. The van der Waals surface area contributed by atoms with Crippen LogP contribution in [0.25, 0.3) is 0 Å². The van der Waals surface area contributed by atoms with Crippen LogP contribution in [0, 0.1) is 5.82 Å². The van der Waals surface area contributed by atoms with Gasteiger partial charge in [0.15, 0.2) is 0 Å². The van der Waals surface area contributed by atoms with E-state index in [0.717, 1.165) is 0 Å². The predicted molar refractivity (Wildman–Crippen MR) is 94.4 cm³/mol. The molecule has 8 heteroatoms. The summed E-state index contributed by atoms with van der Waals surface area (Å²) in [6.07, 6.45) is -0.152. The third-order valence-corrected chi connectivity index (χ3v) is 5.26. The topological polar surface area (TPSA) is 55.8 Å². The van der Waals surface area contributed by atoms with Gasteiger partial charge in [-0.3, -0.25) is 4.90 Å². The second-order valence-corrected chi connectivity index (χ2v) is 8.47. The maximum Gasteiger partial charge on any atom is 0.411 e. The maximum absolute atomic E-state index is 13.2. The van der Waals surface area contributed by atoms with Gasteiger partial charge in [0.1, 0.15) is 17.5 Å². The van der Waals surface area contributed by atoms with Crippen molar-refractivity contribution in [2.45, 2.75) is 49.0 Å². The molecule has 0 N–H and O–H groups in total. The van der Waals surface area contributed by atoms with Gasteiger partial charge in [-0.1, -0.05) is 11.6 Å². The average molecular weight is 390 g/mol.